The van der Waals surface area contributed by atoms with E-state index in [-0.39, 0.29) is 42.8 Å². The predicted octanol–water partition coefficient (Wildman–Crippen LogP) is 7.01. The van der Waals surface area contributed by atoms with Crippen molar-refractivity contribution in [3.05, 3.63) is 125 Å². The molecular weight excluding hydrogens is 669 g/mol. The first-order chi connectivity index (χ1) is 24.1. The van der Waals surface area contributed by atoms with Crippen molar-refractivity contribution in [1.29, 1.82) is 0 Å². The fraction of sp³-hybridized carbons (Fsp3) is 0.282. The number of hydrogen-bond donors (Lipinski definition) is 3. The summed E-state index contributed by atoms with van der Waals surface area (Å²) in [6.07, 6.45) is -1.64. The Hall–Kier alpha value is -4.55. The van der Waals surface area contributed by atoms with Gasteiger partial charge in [0.2, 0.25) is 10.0 Å². The molecule has 2 atom stereocenters. The minimum Gasteiger partial charge on any atom is -0.449 e. The Balaban J connectivity index is 1.19. The molecular formula is C39H42N4O5S2. The molecule has 0 unspecified atom stereocenters. The zero-order valence-electron chi connectivity index (χ0n) is 28.3. The predicted molar refractivity (Wildman–Crippen MR) is 199 cm³/mol. The first-order valence-corrected chi connectivity index (χ1v) is 19.0. The van der Waals surface area contributed by atoms with Gasteiger partial charge in [-0.05, 0) is 52.3 Å². The van der Waals surface area contributed by atoms with E-state index in [1.54, 1.807) is 31.3 Å². The summed E-state index contributed by atoms with van der Waals surface area (Å²) in [6.45, 7) is 3.93. The summed E-state index contributed by atoms with van der Waals surface area (Å²) in [4.78, 5) is 18.0. The van der Waals surface area contributed by atoms with Crippen LogP contribution in [0.15, 0.2) is 113 Å². The average molecular weight is 711 g/mol. The third kappa shape index (κ3) is 7.92. The van der Waals surface area contributed by atoms with Gasteiger partial charge in [-0.15, -0.1) is 11.3 Å². The van der Waals surface area contributed by atoms with Crippen LogP contribution in [0.4, 0.5) is 9.93 Å². The van der Waals surface area contributed by atoms with Crippen molar-refractivity contribution in [1.82, 2.24) is 14.6 Å². The lowest BCUT2D eigenvalue weighted by molar-refractivity contribution is 0.0885. The van der Waals surface area contributed by atoms with Gasteiger partial charge in [-0.1, -0.05) is 105 Å². The Kier molecular flexibility index (Phi) is 11.0. The lowest BCUT2D eigenvalue weighted by Crippen LogP contribution is -2.51. The highest BCUT2D eigenvalue weighted by Crippen LogP contribution is 2.44. The van der Waals surface area contributed by atoms with E-state index in [4.69, 9.17) is 4.74 Å². The number of aliphatic hydroxyl groups excluding tert-OH is 1. The van der Waals surface area contributed by atoms with Gasteiger partial charge < -0.3 is 20.5 Å². The Morgan fingerprint density at radius 2 is 1.52 bits per heavy atom. The van der Waals surface area contributed by atoms with Crippen molar-refractivity contribution in [2.24, 2.45) is 5.92 Å². The molecule has 0 bridgehead atoms. The molecule has 5 aromatic rings. The van der Waals surface area contributed by atoms with Gasteiger partial charge >= 0.3 is 6.09 Å². The first-order valence-electron chi connectivity index (χ1n) is 16.7. The second-order valence-electron chi connectivity index (χ2n) is 12.9. The highest BCUT2D eigenvalue weighted by molar-refractivity contribution is 7.89. The quantitative estimate of drug-likeness (QED) is 0.113. The number of alkyl carbamates (subject to hydrolysis) is 1. The number of rotatable bonds is 14. The molecule has 260 valence electrons. The molecule has 0 aliphatic heterocycles. The van der Waals surface area contributed by atoms with Gasteiger partial charge in [0.25, 0.3) is 0 Å². The molecule has 0 fully saturated rings. The van der Waals surface area contributed by atoms with E-state index in [9.17, 15) is 18.3 Å². The number of aromatic nitrogens is 1. The van der Waals surface area contributed by atoms with E-state index < -0.39 is 28.3 Å². The van der Waals surface area contributed by atoms with Crippen molar-refractivity contribution in [2.45, 2.75) is 43.2 Å². The molecule has 11 heteroatoms. The minimum atomic E-state index is -4.00. The van der Waals surface area contributed by atoms with Crippen LogP contribution in [-0.2, 0) is 21.2 Å². The van der Waals surface area contributed by atoms with Gasteiger partial charge in [-0.3, -0.25) is 0 Å². The number of carbonyl (C=O) groups is 1. The minimum absolute atomic E-state index is 0.0196. The van der Waals surface area contributed by atoms with Crippen LogP contribution in [0.25, 0.3) is 22.4 Å². The van der Waals surface area contributed by atoms with Crippen LogP contribution in [0, 0.1) is 5.92 Å². The maximum absolute atomic E-state index is 14.0. The maximum atomic E-state index is 14.0. The van der Waals surface area contributed by atoms with Crippen molar-refractivity contribution in [2.75, 3.05) is 32.1 Å². The summed E-state index contributed by atoms with van der Waals surface area (Å²) < 4.78 is 35.2. The Morgan fingerprint density at radius 3 is 2.12 bits per heavy atom. The van der Waals surface area contributed by atoms with Gasteiger partial charge in [0, 0.05) is 37.0 Å². The third-order valence-electron chi connectivity index (χ3n) is 8.88. The fourth-order valence-electron chi connectivity index (χ4n) is 6.42. The Morgan fingerprint density at radius 1 is 0.900 bits per heavy atom. The van der Waals surface area contributed by atoms with Gasteiger partial charge in [0.1, 0.15) is 6.61 Å². The van der Waals surface area contributed by atoms with Crippen molar-refractivity contribution in [3.63, 3.8) is 0 Å². The van der Waals surface area contributed by atoms with Crippen LogP contribution < -0.4 is 10.6 Å². The second kappa shape index (κ2) is 15.6. The van der Waals surface area contributed by atoms with Crippen LogP contribution in [0.5, 0.6) is 0 Å². The first kappa shape index (κ1) is 35.3. The van der Waals surface area contributed by atoms with Crippen molar-refractivity contribution in [3.8, 4) is 22.4 Å². The van der Waals surface area contributed by atoms with Crippen molar-refractivity contribution < 1.29 is 23.1 Å². The Bertz CT molecular complexity index is 1970. The number of fused-ring (bicyclic) bond motifs is 3. The number of hydrogen-bond acceptors (Lipinski definition) is 8. The lowest BCUT2D eigenvalue weighted by Gasteiger charge is -2.30. The standard InChI is InChI=1S/C39H42N4O5S2/c1-26(2)22-43(50(46,47)29-19-17-28(18-20-29)36-25-49-38(40-3)41-36)23-37(44)35(21-27-11-5-4-6-12-27)42-39(45)48-24-34-32-15-9-7-13-30(32)31-14-8-10-16-33(31)34/h4-20,25-26,34-35,37,44H,21-24H2,1-3H3,(H,40,41)(H,42,45)/t35-,37+/m0/s1. The molecule has 9 nitrogen and oxygen atoms in total. The molecule has 50 heavy (non-hydrogen) atoms. The summed E-state index contributed by atoms with van der Waals surface area (Å²) in [6, 6.07) is 31.5. The number of sulfonamides is 1. The smallest absolute Gasteiger partial charge is 0.407 e. The summed E-state index contributed by atoms with van der Waals surface area (Å²) >= 11 is 1.47. The SMILES string of the molecule is CNc1nc(-c2ccc(S(=O)(=O)N(CC(C)C)C[C@@H](O)[C@H](Cc3ccccc3)NC(=O)OCC3c4ccccc4-c4ccccc43)cc2)cs1. The molecule has 1 aliphatic rings. The molecule has 1 aliphatic carbocycles. The number of benzene rings is 4. The molecule has 3 N–H and O–H groups in total. The molecule has 1 heterocycles. The Labute approximate surface area is 298 Å². The number of anilines is 1. The number of amides is 1. The maximum Gasteiger partial charge on any atom is 0.407 e. The number of aliphatic hydroxyl groups is 1. The summed E-state index contributed by atoms with van der Waals surface area (Å²) in [5.74, 6) is -0.140. The molecule has 0 spiro atoms. The van der Waals surface area contributed by atoms with Crippen LogP contribution in [0.3, 0.4) is 0 Å². The summed E-state index contributed by atoms with van der Waals surface area (Å²) in [7, 11) is -2.20. The number of carbonyl (C=O) groups excluding carboxylic acids is 1. The van der Waals surface area contributed by atoms with E-state index in [1.807, 2.05) is 73.8 Å². The largest absolute Gasteiger partial charge is 0.449 e. The van der Waals surface area contributed by atoms with Gasteiger partial charge in [-0.25, -0.2) is 18.2 Å². The highest BCUT2D eigenvalue weighted by atomic mass is 32.2. The molecule has 1 aromatic heterocycles. The van der Waals surface area contributed by atoms with Gasteiger partial charge in [-0.2, -0.15) is 4.31 Å². The van der Waals surface area contributed by atoms with Gasteiger partial charge in [0.05, 0.1) is 22.7 Å². The van der Waals surface area contributed by atoms with Crippen molar-refractivity contribution >= 4 is 32.6 Å². The van der Waals surface area contributed by atoms with Crippen LogP contribution >= 0.6 is 11.3 Å². The van der Waals surface area contributed by atoms with E-state index in [0.29, 0.717) is 0 Å². The average Bonchev–Trinajstić information content (AvgIpc) is 3.74. The molecule has 1 amide bonds. The van der Waals surface area contributed by atoms with Crippen LogP contribution in [0.2, 0.25) is 0 Å². The fourth-order valence-corrected chi connectivity index (χ4v) is 8.73. The third-order valence-corrected chi connectivity index (χ3v) is 11.6. The molecule has 0 saturated carbocycles. The van der Waals surface area contributed by atoms with E-state index in [2.05, 4.69) is 39.9 Å². The normalized spacial score (nSPS) is 13.9. The van der Waals surface area contributed by atoms with Crippen LogP contribution in [-0.4, -0.2) is 67.8 Å². The molecule has 0 saturated heterocycles. The highest BCUT2D eigenvalue weighted by Gasteiger charge is 2.33. The van der Waals surface area contributed by atoms with Crippen LogP contribution in [0.1, 0.15) is 36.5 Å². The number of ether oxygens (including phenoxy) is 1. The van der Waals surface area contributed by atoms with E-state index in [0.717, 1.165) is 44.2 Å². The number of nitrogens with one attached hydrogen (secondary N) is 2. The zero-order chi connectivity index (χ0) is 35.3. The molecule has 6 rings (SSSR count). The molecule has 0 radical (unpaired) electrons. The molecule has 4 aromatic carbocycles. The number of nitrogens with zero attached hydrogens (tertiary/aromatic N) is 2. The summed E-state index contributed by atoms with van der Waals surface area (Å²) in [5, 5.41) is 20.3. The second-order valence-corrected chi connectivity index (χ2v) is 15.7. The topological polar surface area (TPSA) is 121 Å². The van der Waals surface area contributed by atoms with E-state index in [1.165, 1.54) is 15.6 Å². The zero-order valence-corrected chi connectivity index (χ0v) is 30.0. The summed E-state index contributed by atoms with van der Waals surface area (Å²) in [5.41, 5.74) is 6.88. The lowest BCUT2D eigenvalue weighted by atomic mass is 9.98. The van der Waals surface area contributed by atoms with Gasteiger partial charge in [0.15, 0.2) is 5.13 Å². The number of thiazole rings is 1. The van der Waals surface area contributed by atoms with E-state index >= 15 is 0 Å². The monoisotopic (exact) mass is 710 g/mol.